The molecule has 150 valence electrons. The molecular formula is C20H26N4O2S2. The van der Waals surface area contributed by atoms with Crippen molar-refractivity contribution in [3.05, 3.63) is 39.5 Å². The number of nitrogens with zero attached hydrogens (tertiary/aromatic N) is 4. The number of fused-ring (bicyclic) bond motifs is 1. The molecule has 3 aromatic rings. The number of thioether (sulfide) groups is 1. The third-order valence-electron chi connectivity index (χ3n) is 5.19. The maximum atomic E-state index is 13.4. The molecule has 4 heterocycles. The Bertz CT molecular complexity index is 988. The van der Waals surface area contributed by atoms with Crippen molar-refractivity contribution in [1.29, 1.82) is 0 Å². The van der Waals surface area contributed by atoms with Crippen LogP contribution in [0.1, 0.15) is 36.6 Å². The lowest BCUT2D eigenvalue weighted by atomic mass is 10.1. The van der Waals surface area contributed by atoms with Crippen molar-refractivity contribution >= 4 is 33.3 Å². The molecule has 1 aliphatic rings. The summed E-state index contributed by atoms with van der Waals surface area (Å²) < 4.78 is 9.75. The van der Waals surface area contributed by atoms with Gasteiger partial charge >= 0.3 is 0 Å². The summed E-state index contributed by atoms with van der Waals surface area (Å²) in [6.07, 6.45) is 9.67. The third-order valence-corrected chi connectivity index (χ3v) is 7.30. The summed E-state index contributed by atoms with van der Waals surface area (Å²) in [5.74, 6) is 0.909. The van der Waals surface area contributed by atoms with E-state index in [1.807, 2.05) is 17.1 Å². The molecule has 0 N–H and O–H groups in total. The number of rotatable bonds is 8. The van der Waals surface area contributed by atoms with E-state index >= 15 is 0 Å². The number of ether oxygens (including phenoxy) is 1. The Morgan fingerprint density at radius 3 is 3.04 bits per heavy atom. The molecule has 0 aliphatic carbocycles. The van der Waals surface area contributed by atoms with E-state index in [9.17, 15) is 4.79 Å². The van der Waals surface area contributed by atoms with Crippen LogP contribution in [0.25, 0.3) is 10.2 Å². The minimum absolute atomic E-state index is 0.0961. The maximum absolute atomic E-state index is 13.4. The molecule has 0 spiro atoms. The van der Waals surface area contributed by atoms with Gasteiger partial charge < -0.3 is 9.30 Å². The first-order chi connectivity index (χ1) is 13.7. The first-order valence-electron chi connectivity index (χ1n) is 9.90. The molecule has 8 heteroatoms. The lowest BCUT2D eigenvalue weighted by Crippen LogP contribution is -2.29. The van der Waals surface area contributed by atoms with Gasteiger partial charge in [0.1, 0.15) is 4.83 Å². The number of hydrogen-bond donors (Lipinski definition) is 0. The van der Waals surface area contributed by atoms with E-state index in [4.69, 9.17) is 9.72 Å². The number of aromatic nitrogens is 4. The Labute approximate surface area is 173 Å². The van der Waals surface area contributed by atoms with Crippen molar-refractivity contribution in [2.24, 2.45) is 0 Å². The Morgan fingerprint density at radius 2 is 2.32 bits per heavy atom. The molecule has 6 nitrogen and oxygen atoms in total. The SMILES string of the molecule is CCc1c(C)sc2nc(SCCCn3ccnc3)n(CC3CCCO3)c(=O)c12. The van der Waals surface area contributed by atoms with Crippen LogP contribution in [0, 0.1) is 6.92 Å². The zero-order valence-electron chi connectivity index (χ0n) is 16.4. The third kappa shape index (κ3) is 4.04. The molecule has 0 amide bonds. The van der Waals surface area contributed by atoms with Crippen LogP contribution >= 0.6 is 23.1 Å². The summed E-state index contributed by atoms with van der Waals surface area (Å²) in [5, 5.41) is 1.63. The molecule has 4 rings (SSSR count). The topological polar surface area (TPSA) is 61.9 Å². The number of thiophene rings is 1. The van der Waals surface area contributed by atoms with Crippen molar-refractivity contribution in [3.8, 4) is 0 Å². The predicted molar refractivity (Wildman–Crippen MR) is 115 cm³/mol. The van der Waals surface area contributed by atoms with Crippen molar-refractivity contribution in [1.82, 2.24) is 19.1 Å². The van der Waals surface area contributed by atoms with Gasteiger partial charge in [-0.15, -0.1) is 11.3 Å². The van der Waals surface area contributed by atoms with Crippen LogP contribution in [0.4, 0.5) is 0 Å². The van der Waals surface area contributed by atoms with Crippen LogP contribution in [0.5, 0.6) is 0 Å². The van der Waals surface area contributed by atoms with Crippen LogP contribution < -0.4 is 5.56 Å². The lowest BCUT2D eigenvalue weighted by Gasteiger charge is -2.16. The molecule has 0 radical (unpaired) electrons. The normalized spacial score (nSPS) is 17.0. The molecule has 0 aromatic carbocycles. The molecular weight excluding hydrogens is 392 g/mol. The van der Waals surface area contributed by atoms with E-state index in [0.717, 1.165) is 65.5 Å². The Hall–Kier alpha value is -1.64. The minimum Gasteiger partial charge on any atom is -0.376 e. The highest BCUT2D eigenvalue weighted by molar-refractivity contribution is 7.99. The van der Waals surface area contributed by atoms with Crippen molar-refractivity contribution in [2.75, 3.05) is 12.4 Å². The second-order valence-corrected chi connectivity index (χ2v) is 9.38. The Kier molecular flexibility index (Phi) is 6.18. The zero-order chi connectivity index (χ0) is 19.5. The fourth-order valence-corrected chi connectivity index (χ4v) is 5.84. The van der Waals surface area contributed by atoms with Gasteiger partial charge in [-0.2, -0.15) is 0 Å². The summed E-state index contributed by atoms with van der Waals surface area (Å²) >= 11 is 3.31. The van der Waals surface area contributed by atoms with Gasteiger partial charge in [0.25, 0.3) is 5.56 Å². The molecule has 1 aliphatic heterocycles. The Balaban J connectivity index is 1.61. The van der Waals surface area contributed by atoms with Gasteiger partial charge in [0, 0.05) is 36.2 Å². The number of imidazole rings is 1. The average molecular weight is 419 g/mol. The van der Waals surface area contributed by atoms with Gasteiger partial charge in [-0.05, 0) is 38.2 Å². The highest BCUT2D eigenvalue weighted by Crippen LogP contribution is 2.30. The molecule has 0 saturated carbocycles. The van der Waals surface area contributed by atoms with Gasteiger partial charge in [0.15, 0.2) is 5.16 Å². The molecule has 1 unspecified atom stereocenters. The predicted octanol–water partition coefficient (Wildman–Crippen LogP) is 3.89. The van der Waals surface area contributed by atoms with E-state index in [1.54, 1.807) is 29.3 Å². The zero-order valence-corrected chi connectivity index (χ0v) is 18.0. The quantitative estimate of drug-likeness (QED) is 0.316. The van der Waals surface area contributed by atoms with E-state index in [0.29, 0.717) is 6.54 Å². The molecule has 1 fully saturated rings. The number of hydrogen-bond acceptors (Lipinski definition) is 6. The van der Waals surface area contributed by atoms with Crippen LogP contribution in [-0.2, 0) is 24.2 Å². The summed E-state index contributed by atoms with van der Waals surface area (Å²) in [7, 11) is 0. The summed E-state index contributed by atoms with van der Waals surface area (Å²) in [6, 6.07) is 0. The van der Waals surface area contributed by atoms with E-state index in [1.165, 1.54) is 4.88 Å². The second-order valence-electron chi connectivity index (χ2n) is 7.12. The second kappa shape index (κ2) is 8.80. The first-order valence-corrected chi connectivity index (χ1v) is 11.7. The monoisotopic (exact) mass is 418 g/mol. The summed E-state index contributed by atoms with van der Waals surface area (Å²) in [6.45, 7) is 6.51. The van der Waals surface area contributed by atoms with Crippen molar-refractivity contribution in [2.45, 2.75) is 63.9 Å². The maximum Gasteiger partial charge on any atom is 0.263 e. The van der Waals surface area contributed by atoms with Crippen LogP contribution in [0.3, 0.4) is 0 Å². The fourth-order valence-electron chi connectivity index (χ4n) is 3.75. The minimum atomic E-state index is 0.0961. The van der Waals surface area contributed by atoms with Gasteiger partial charge in [-0.1, -0.05) is 18.7 Å². The molecule has 1 atom stereocenters. The van der Waals surface area contributed by atoms with E-state index in [-0.39, 0.29) is 11.7 Å². The van der Waals surface area contributed by atoms with Crippen LogP contribution in [0.2, 0.25) is 0 Å². The van der Waals surface area contributed by atoms with E-state index < -0.39 is 0 Å². The van der Waals surface area contributed by atoms with Gasteiger partial charge in [-0.3, -0.25) is 9.36 Å². The van der Waals surface area contributed by atoms with Crippen molar-refractivity contribution < 1.29 is 4.74 Å². The van der Waals surface area contributed by atoms with Crippen LogP contribution in [-0.4, -0.2) is 37.6 Å². The van der Waals surface area contributed by atoms with Gasteiger partial charge in [0.2, 0.25) is 0 Å². The smallest absolute Gasteiger partial charge is 0.263 e. The molecule has 28 heavy (non-hydrogen) atoms. The summed E-state index contributed by atoms with van der Waals surface area (Å²) in [5.41, 5.74) is 1.24. The van der Waals surface area contributed by atoms with Gasteiger partial charge in [-0.25, -0.2) is 9.97 Å². The van der Waals surface area contributed by atoms with Crippen LogP contribution in [0.15, 0.2) is 28.7 Å². The first kappa shape index (κ1) is 19.7. The fraction of sp³-hybridized carbons (Fsp3) is 0.550. The lowest BCUT2D eigenvalue weighted by molar-refractivity contribution is 0.0937. The van der Waals surface area contributed by atoms with E-state index in [2.05, 4.69) is 23.4 Å². The average Bonchev–Trinajstić information content (AvgIpc) is 3.42. The summed E-state index contributed by atoms with van der Waals surface area (Å²) in [4.78, 5) is 24.5. The largest absolute Gasteiger partial charge is 0.376 e. The molecule has 0 bridgehead atoms. The van der Waals surface area contributed by atoms with Crippen molar-refractivity contribution in [3.63, 3.8) is 0 Å². The van der Waals surface area contributed by atoms with Gasteiger partial charge in [0.05, 0.1) is 24.4 Å². The highest BCUT2D eigenvalue weighted by Gasteiger charge is 2.22. The highest BCUT2D eigenvalue weighted by atomic mass is 32.2. The number of aryl methyl sites for hydroxylation is 3. The molecule has 1 saturated heterocycles. The standard InChI is InChI=1S/C20H26N4O2S2/c1-3-16-14(2)28-18-17(16)19(25)24(12-15-6-4-10-26-15)20(22-18)27-11-5-8-23-9-7-21-13-23/h7,9,13,15H,3-6,8,10-12H2,1-2H3. The Morgan fingerprint density at radius 1 is 1.43 bits per heavy atom. The molecule has 3 aromatic heterocycles.